The highest BCUT2D eigenvalue weighted by Crippen LogP contribution is 2.01. The molecule has 0 aromatic heterocycles. The highest BCUT2D eigenvalue weighted by molar-refractivity contribution is 5.78. The quantitative estimate of drug-likeness (QED) is 0.621. The van der Waals surface area contributed by atoms with E-state index in [4.69, 9.17) is 5.11 Å². The Morgan fingerprint density at radius 1 is 1.41 bits per heavy atom. The normalized spacial score (nSPS) is 17.5. The summed E-state index contributed by atoms with van der Waals surface area (Å²) in [4.78, 5) is 18.0. The summed E-state index contributed by atoms with van der Waals surface area (Å²) in [5.41, 5.74) is 0. The van der Waals surface area contributed by atoms with Crippen molar-refractivity contribution in [1.82, 2.24) is 14.7 Å². The first kappa shape index (κ1) is 14.2. The molecule has 0 bridgehead atoms. The Balaban J connectivity index is 2.37. The van der Waals surface area contributed by atoms with E-state index >= 15 is 0 Å². The van der Waals surface area contributed by atoms with Crippen molar-refractivity contribution in [3.8, 4) is 0 Å². The number of nitrogens with zero attached hydrogens (tertiary/aromatic N) is 3. The van der Waals surface area contributed by atoms with Crippen molar-refractivity contribution in [1.29, 1.82) is 0 Å². The second-order valence-electron chi connectivity index (χ2n) is 4.43. The smallest absolute Gasteiger partial charge is 0.236 e. The SMILES string of the molecule is C=CCN(CCO)CC(=O)N1CCN(C)CC1. The molecule has 0 atom stereocenters. The molecule has 5 heteroatoms. The van der Waals surface area contributed by atoms with Crippen molar-refractivity contribution in [2.45, 2.75) is 0 Å². The van der Waals surface area contributed by atoms with Gasteiger partial charge in [-0.25, -0.2) is 0 Å². The third-order valence-electron chi connectivity index (χ3n) is 3.02. The average Bonchev–Trinajstić information content (AvgIpc) is 2.30. The lowest BCUT2D eigenvalue weighted by Gasteiger charge is -2.33. The molecule has 1 aliphatic heterocycles. The zero-order valence-corrected chi connectivity index (χ0v) is 10.6. The molecule has 0 aliphatic carbocycles. The van der Waals surface area contributed by atoms with Gasteiger partial charge in [-0.1, -0.05) is 6.08 Å². The molecule has 17 heavy (non-hydrogen) atoms. The zero-order valence-electron chi connectivity index (χ0n) is 10.6. The Labute approximate surface area is 103 Å². The molecule has 1 amide bonds. The van der Waals surface area contributed by atoms with Gasteiger partial charge in [0.2, 0.25) is 5.91 Å². The molecule has 1 rings (SSSR count). The van der Waals surface area contributed by atoms with E-state index in [1.807, 2.05) is 9.80 Å². The van der Waals surface area contributed by atoms with Crippen LogP contribution in [-0.4, -0.2) is 85.2 Å². The molecule has 1 N–H and O–H groups in total. The van der Waals surface area contributed by atoms with Crippen LogP contribution in [0.2, 0.25) is 0 Å². The predicted molar refractivity (Wildman–Crippen MR) is 67.8 cm³/mol. The van der Waals surface area contributed by atoms with E-state index in [2.05, 4.69) is 18.5 Å². The number of carbonyl (C=O) groups is 1. The highest BCUT2D eigenvalue weighted by atomic mass is 16.3. The number of carbonyl (C=O) groups excluding carboxylic acids is 1. The first-order valence-electron chi connectivity index (χ1n) is 6.07. The molecule has 0 radical (unpaired) electrons. The number of hydrogen-bond acceptors (Lipinski definition) is 4. The minimum Gasteiger partial charge on any atom is -0.395 e. The van der Waals surface area contributed by atoms with Gasteiger partial charge in [0.1, 0.15) is 0 Å². The summed E-state index contributed by atoms with van der Waals surface area (Å²) in [7, 11) is 2.07. The fourth-order valence-electron chi connectivity index (χ4n) is 1.91. The van der Waals surface area contributed by atoms with Gasteiger partial charge in [-0.3, -0.25) is 9.69 Å². The van der Waals surface area contributed by atoms with Crippen molar-refractivity contribution in [2.24, 2.45) is 0 Å². The van der Waals surface area contributed by atoms with Gasteiger partial charge in [-0.15, -0.1) is 6.58 Å². The molecule has 0 aromatic carbocycles. The number of aliphatic hydroxyl groups excluding tert-OH is 1. The maximum atomic E-state index is 12.0. The molecule has 1 saturated heterocycles. The first-order chi connectivity index (χ1) is 8.17. The van der Waals surface area contributed by atoms with Crippen molar-refractivity contribution >= 4 is 5.91 Å². The van der Waals surface area contributed by atoms with Gasteiger partial charge in [0.15, 0.2) is 0 Å². The number of piperazine rings is 1. The van der Waals surface area contributed by atoms with E-state index in [1.54, 1.807) is 6.08 Å². The summed E-state index contributed by atoms with van der Waals surface area (Å²) in [6, 6.07) is 0. The molecule has 98 valence electrons. The van der Waals surface area contributed by atoms with E-state index in [1.165, 1.54) is 0 Å². The molecule has 1 aliphatic rings. The van der Waals surface area contributed by atoms with Crippen LogP contribution in [0.4, 0.5) is 0 Å². The summed E-state index contributed by atoms with van der Waals surface area (Å²) in [6.45, 7) is 8.74. The van der Waals surface area contributed by atoms with Crippen LogP contribution in [-0.2, 0) is 4.79 Å². The number of hydrogen-bond donors (Lipinski definition) is 1. The van der Waals surface area contributed by atoms with Gasteiger partial charge in [0.05, 0.1) is 13.2 Å². The summed E-state index contributed by atoms with van der Waals surface area (Å²) in [5, 5.41) is 8.91. The van der Waals surface area contributed by atoms with Crippen LogP contribution in [0, 0.1) is 0 Å². The Morgan fingerprint density at radius 2 is 2.06 bits per heavy atom. The van der Waals surface area contributed by atoms with Gasteiger partial charge in [0, 0.05) is 39.3 Å². The largest absolute Gasteiger partial charge is 0.395 e. The van der Waals surface area contributed by atoms with Crippen molar-refractivity contribution in [3.63, 3.8) is 0 Å². The van der Waals surface area contributed by atoms with Crippen LogP contribution in [0.5, 0.6) is 0 Å². The summed E-state index contributed by atoms with van der Waals surface area (Å²) in [5.74, 6) is 0.147. The molecule has 0 saturated carbocycles. The molecular formula is C12H23N3O2. The van der Waals surface area contributed by atoms with Gasteiger partial charge < -0.3 is 14.9 Å². The van der Waals surface area contributed by atoms with Gasteiger partial charge in [-0.2, -0.15) is 0 Å². The lowest BCUT2D eigenvalue weighted by molar-refractivity contribution is -0.133. The minimum atomic E-state index is 0.0733. The lowest BCUT2D eigenvalue weighted by Crippen LogP contribution is -2.50. The predicted octanol–water partition coefficient (Wildman–Crippen LogP) is -0.759. The van der Waals surface area contributed by atoms with E-state index in [0.717, 1.165) is 26.2 Å². The van der Waals surface area contributed by atoms with E-state index < -0.39 is 0 Å². The van der Waals surface area contributed by atoms with Crippen LogP contribution in [0.15, 0.2) is 12.7 Å². The van der Waals surface area contributed by atoms with Crippen LogP contribution < -0.4 is 0 Å². The van der Waals surface area contributed by atoms with Gasteiger partial charge in [-0.05, 0) is 7.05 Å². The maximum absolute atomic E-state index is 12.0. The van der Waals surface area contributed by atoms with Crippen LogP contribution >= 0.6 is 0 Å². The molecule has 0 unspecified atom stereocenters. The monoisotopic (exact) mass is 241 g/mol. The van der Waals surface area contributed by atoms with Crippen molar-refractivity contribution in [2.75, 3.05) is 59.5 Å². The topological polar surface area (TPSA) is 47.0 Å². The first-order valence-corrected chi connectivity index (χ1v) is 6.07. The molecule has 0 spiro atoms. The molecular weight excluding hydrogens is 218 g/mol. The molecule has 1 heterocycles. The Kier molecular flexibility index (Phi) is 6.18. The number of aliphatic hydroxyl groups is 1. The van der Waals surface area contributed by atoms with E-state index in [9.17, 15) is 4.79 Å². The second kappa shape index (κ2) is 7.42. The highest BCUT2D eigenvalue weighted by Gasteiger charge is 2.20. The summed E-state index contributed by atoms with van der Waals surface area (Å²) < 4.78 is 0. The van der Waals surface area contributed by atoms with Gasteiger partial charge in [0.25, 0.3) is 0 Å². The number of amides is 1. The number of likely N-dealkylation sites (N-methyl/N-ethyl adjacent to an activating group) is 1. The molecule has 0 aromatic rings. The average molecular weight is 241 g/mol. The minimum absolute atomic E-state index is 0.0733. The van der Waals surface area contributed by atoms with E-state index in [0.29, 0.717) is 19.6 Å². The molecule has 5 nitrogen and oxygen atoms in total. The van der Waals surface area contributed by atoms with Crippen LogP contribution in [0.25, 0.3) is 0 Å². The Morgan fingerprint density at radius 3 is 2.59 bits per heavy atom. The number of rotatable bonds is 6. The lowest BCUT2D eigenvalue weighted by atomic mass is 10.3. The van der Waals surface area contributed by atoms with Crippen LogP contribution in [0.3, 0.4) is 0 Å². The maximum Gasteiger partial charge on any atom is 0.236 e. The summed E-state index contributed by atoms with van der Waals surface area (Å²) >= 11 is 0. The third-order valence-corrected chi connectivity index (χ3v) is 3.02. The second-order valence-corrected chi connectivity index (χ2v) is 4.43. The standard InChI is InChI=1S/C12H23N3O2/c1-3-4-14(9-10-16)11-12(17)15-7-5-13(2)6-8-15/h3,16H,1,4-11H2,2H3. The Hall–Kier alpha value is -0.910. The van der Waals surface area contributed by atoms with Crippen molar-refractivity contribution < 1.29 is 9.90 Å². The third kappa shape index (κ3) is 4.85. The summed E-state index contributed by atoms with van der Waals surface area (Å²) in [6.07, 6.45) is 1.76. The van der Waals surface area contributed by atoms with E-state index in [-0.39, 0.29) is 12.5 Å². The fraction of sp³-hybridized carbons (Fsp3) is 0.750. The fourth-order valence-corrected chi connectivity index (χ4v) is 1.91. The Bertz CT molecular complexity index is 250. The molecule has 1 fully saturated rings. The zero-order chi connectivity index (χ0) is 12.7. The van der Waals surface area contributed by atoms with Crippen LogP contribution in [0.1, 0.15) is 0 Å². The van der Waals surface area contributed by atoms with Gasteiger partial charge >= 0.3 is 0 Å². The van der Waals surface area contributed by atoms with Crippen molar-refractivity contribution in [3.05, 3.63) is 12.7 Å².